The van der Waals surface area contributed by atoms with E-state index in [2.05, 4.69) is 20.9 Å². The molecule has 200 valence electrons. The molecule has 1 aromatic heterocycles. The molecule has 1 aliphatic carbocycles. The first-order valence-electron chi connectivity index (χ1n) is 13.3. The van der Waals surface area contributed by atoms with E-state index in [1.54, 1.807) is 43.3 Å². The van der Waals surface area contributed by atoms with Gasteiger partial charge < -0.3 is 20.9 Å². The number of benzene rings is 1. The van der Waals surface area contributed by atoms with Crippen LogP contribution in [0.2, 0.25) is 0 Å². The van der Waals surface area contributed by atoms with Gasteiger partial charge in [-0.05, 0) is 69.3 Å². The van der Waals surface area contributed by atoms with Crippen molar-refractivity contribution in [2.24, 2.45) is 5.92 Å². The van der Waals surface area contributed by atoms with Gasteiger partial charge in [-0.2, -0.15) is 0 Å². The number of anilines is 1. The number of likely N-dealkylation sites (N-methyl/N-ethyl adjacent to an activating group) is 1. The molecule has 4 rings (SSSR count). The van der Waals surface area contributed by atoms with Crippen LogP contribution in [0, 0.1) is 17.6 Å². The first-order chi connectivity index (χ1) is 17.9. The third-order valence-electron chi connectivity index (χ3n) is 7.70. The van der Waals surface area contributed by atoms with Gasteiger partial charge in [0.15, 0.2) is 11.6 Å². The molecular formula is C28H37F2N5O2. The summed E-state index contributed by atoms with van der Waals surface area (Å²) >= 11 is 0. The minimum Gasteiger partial charge on any atom is -0.364 e. The van der Waals surface area contributed by atoms with Crippen LogP contribution in [-0.2, 0) is 16.1 Å². The third-order valence-corrected chi connectivity index (χ3v) is 7.70. The van der Waals surface area contributed by atoms with Crippen molar-refractivity contribution in [3.05, 3.63) is 59.3 Å². The number of pyridine rings is 1. The fourth-order valence-electron chi connectivity index (χ4n) is 5.42. The van der Waals surface area contributed by atoms with Crippen LogP contribution in [0.4, 0.5) is 14.6 Å². The number of likely N-dealkylation sites (tertiary alicyclic amines) is 1. The monoisotopic (exact) mass is 513 g/mol. The van der Waals surface area contributed by atoms with Crippen molar-refractivity contribution >= 4 is 17.6 Å². The molecule has 2 aliphatic rings. The van der Waals surface area contributed by atoms with Gasteiger partial charge in [-0.15, -0.1) is 0 Å². The van der Waals surface area contributed by atoms with Gasteiger partial charge >= 0.3 is 0 Å². The Morgan fingerprint density at radius 1 is 1.05 bits per heavy atom. The van der Waals surface area contributed by atoms with Crippen molar-refractivity contribution in [1.82, 2.24) is 20.5 Å². The van der Waals surface area contributed by atoms with Gasteiger partial charge in [0.2, 0.25) is 11.8 Å². The number of hydrogen-bond acceptors (Lipinski definition) is 5. The average molecular weight is 514 g/mol. The van der Waals surface area contributed by atoms with E-state index in [0.29, 0.717) is 25.1 Å². The van der Waals surface area contributed by atoms with Gasteiger partial charge in [-0.3, -0.25) is 9.59 Å². The molecular weight excluding hydrogens is 476 g/mol. The highest BCUT2D eigenvalue weighted by Crippen LogP contribution is 2.37. The maximum atomic E-state index is 15.6. The zero-order chi connectivity index (χ0) is 26.4. The largest absolute Gasteiger partial charge is 0.364 e. The fourth-order valence-corrected chi connectivity index (χ4v) is 5.42. The second kappa shape index (κ2) is 12.4. The van der Waals surface area contributed by atoms with E-state index in [-0.39, 0.29) is 29.4 Å². The molecule has 1 saturated carbocycles. The van der Waals surface area contributed by atoms with Gasteiger partial charge in [-0.1, -0.05) is 31.4 Å². The Balaban J connectivity index is 1.53. The Hall–Kier alpha value is -3.07. The molecule has 2 aromatic rings. The van der Waals surface area contributed by atoms with Gasteiger partial charge in [0.05, 0.1) is 12.1 Å². The second-order valence-electron chi connectivity index (χ2n) is 10.1. The highest BCUT2D eigenvalue weighted by molar-refractivity contribution is 5.90. The SMILES string of the molecule is CN[C@@H](C)C(=O)N[C@H](C(=O)N1CCC[C@H]1c1ccnc(NCc2ccc(F)cc2)c1F)C1CCCCC1. The van der Waals surface area contributed by atoms with Crippen LogP contribution in [-0.4, -0.2) is 47.4 Å². The summed E-state index contributed by atoms with van der Waals surface area (Å²) in [6.07, 6.45) is 7.95. The molecule has 1 aromatic carbocycles. The Kier molecular flexibility index (Phi) is 9.08. The van der Waals surface area contributed by atoms with E-state index >= 15 is 4.39 Å². The smallest absolute Gasteiger partial charge is 0.245 e. The van der Waals surface area contributed by atoms with Crippen molar-refractivity contribution in [1.29, 1.82) is 0 Å². The van der Waals surface area contributed by atoms with E-state index in [9.17, 15) is 14.0 Å². The number of nitrogens with zero attached hydrogens (tertiary/aromatic N) is 2. The lowest BCUT2D eigenvalue weighted by atomic mass is 9.83. The molecule has 1 aliphatic heterocycles. The molecule has 0 spiro atoms. The summed E-state index contributed by atoms with van der Waals surface area (Å²) in [7, 11) is 1.71. The standard InChI is InChI=1S/C28H37F2N5O2/c1-18(31-2)27(36)34-25(20-7-4-3-5-8-20)28(37)35-16-6-9-23(35)22-14-15-32-26(24(22)30)33-17-19-10-12-21(29)13-11-19/h10-15,18,20,23,25,31H,3-9,16-17H2,1-2H3,(H,32,33)(H,34,36)/t18-,23-,25-/m0/s1. The molecule has 3 N–H and O–H groups in total. The molecule has 7 nitrogen and oxygen atoms in total. The summed E-state index contributed by atoms with van der Waals surface area (Å²) in [6, 6.07) is 6.16. The highest BCUT2D eigenvalue weighted by Gasteiger charge is 2.40. The fraction of sp³-hybridized carbons (Fsp3) is 0.536. The summed E-state index contributed by atoms with van der Waals surface area (Å²) in [6.45, 7) is 2.58. The molecule has 0 bridgehead atoms. The van der Waals surface area contributed by atoms with E-state index in [1.807, 2.05) is 0 Å². The van der Waals surface area contributed by atoms with Crippen LogP contribution in [0.1, 0.15) is 69.0 Å². The summed E-state index contributed by atoms with van der Waals surface area (Å²) in [5.74, 6) is -0.986. The van der Waals surface area contributed by atoms with Crippen LogP contribution in [0.5, 0.6) is 0 Å². The normalized spacial score (nSPS) is 19.9. The Morgan fingerprint density at radius 3 is 2.49 bits per heavy atom. The minimum absolute atomic E-state index is 0.0747. The van der Waals surface area contributed by atoms with Crippen LogP contribution in [0.25, 0.3) is 0 Å². The van der Waals surface area contributed by atoms with E-state index < -0.39 is 23.9 Å². The molecule has 37 heavy (non-hydrogen) atoms. The van der Waals surface area contributed by atoms with E-state index in [0.717, 1.165) is 44.1 Å². The van der Waals surface area contributed by atoms with Crippen molar-refractivity contribution in [2.75, 3.05) is 18.9 Å². The number of aromatic nitrogens is 1. The number of carbonyl (C=O) groups is 2. The predicted octanol–water partition coefficient (Wildman–Crippen LogP) is 4.31. The first kappa shape index (κ1) is 27.0. The summed E-state index contributed by atoms with van der Waals surface area (Å²) < 4.78 is 28.8. The molecule has 0 radical (unpaired) electrons. The third kappa shape index (κ3) is 6.44. The zero-order valence-electron chi connectivity index (χ0n) is 21.6. The summed E-state index contributed by atoms with van der Waals surface area (Å²) in [5.41, 5.74) is 1.22. The molecule has 1 saturated heterocycles. The lowest BCUT2D eigenvalue weighted by Gasteiger charge is -2.35. The lowest BCUT2D eigenvalue weighted by molar-refractivity contribution is -0.139. The van der Waals surface area contributed by atoms with Crippen LogP contribution in [0.15, 0.2) is 36.5 Å². The highest BCUT2D eigenvalue weighted by atomic mass is 19.1. The molecule has 3 atom stereocenters. The Bertz CT molecular complexity index is 1070. The van der Waals surface area contributed by atoms with Gasteiger partial charge in [0.25, 0.3) is 0 Å². The number of rotatable bonds is 9. The maximum Gasteiger partial charge on any atom is 0.245 e. The summed E-state index contributed by atoms with van der Waals surface area (Å²) in [4.78, 5) is 32.6. The van der Waals surface area contributed by atoms with Crippen LogP contribution in [0.3, 0.4) is 0 Å². The summed E-state index contributed by atoms with van der Waals surface area (Å²) in [5, 5.41) is 8.95. The number of nitrogens with one attached hydrogen (secondary N) is 3. The van der Waals surface area contributed by atoms with Gasteiger partial charge in [0.1, 0.15) is 11.9 Å². The van der Waals surface area contributed by atoms with Crippen LogP contribution < -0.4 is 16.0 Å². The van der Waals surface area contributed by atoms with Crippen molar-refractivity contribution < 1.29 is 18.4 Å². The predicted molar refractivity (Wildman–Crippen MR) is 139 cm³/mol. The molecule has 2 heterocycles. The molecule has 9 heteroatoms. The average Bonchev–Trinajstić information content (AvgIpc) is 3.41. The van der Waals surface area contributed by atoms with Crippen molar-refractivity contribution in [3.8, 4) is 0 Å². The second-order valence-corrected chi connectivity index (χ2v) is 10.1. The molecule has 2 amide bonds. The Labute approximate surface area is 217 Å². The van der Waals surface area contributed by atoms with E-state index in [4.69, 9.17) is 0 Å². The topological polar surface area (TPSA) is 86.4 Å². The lowest BCUT2D eigenvalue weighted by Crippen LogP contribution is -2.55. The zero-order valence-corrected chi connectivity index (χ0v) is 21.6. The first-order valence-corrected chi connectivity index (χ1v) is 13.3. The molecule has 2 fully saturated rings. The van der Waals surface area contributed by atoms with Crippen LogP contribution >= 0.6 is 0 Å². The number of amides is 2. The number of carbonyl (C=O) groups excluding carboxylic acids is 2. The van der Waals surface area contributed by atoms with Crippen molar-refractivity contribution in [3.63, 3.8) is 0 Å². The van der Waals surface area contributed by atoms with Gasteiger partial charge in [-0.25, -0.2) is 13.8 Å². The number of hydrogen-bond donors (Lipinski definition) is 3. The van der Waals surface area contributed by atoms with Crippen molar-refractivity contribution in [2.45, 2.75) is 76.5 Å². The minimum atomic E-state index is -0.620. The molecule has 0 unspecified atom stereocenters. The quantitative estimate of drug-likeness (QED) is 0.465. The Morgan fingerprint density at radius 2 is 1.78 bits per heavy atom. The van der Waals surface area contributed by atoms with E-state index in [1.165, 1.54) is 12.1 Å². The number of halogens is 2. The van der Waals surface area contributed by atoms with Gasteiger partial charge in [0, 0.05) is 24.8 Å². The maximum absolute atomic E-state index is 15.6.